The fourth-order valence-electron chi connectivity index (χ4n) is 4.32. The number of benzene rings is 2. The second-order valence-electron chi connectivity index (χ2n) is 8.68. The summed E-state index contributed by atoms with van der Waals surface area (Å²) in [5, 5.41) is 23.3. The maximum Gasteiger partial charge on any atom is 0.407 e. The second-order valence-corrected chi connectivity index (χ2v) is 8.68. The van der Waals surface area contributed by atoms with Crippen LogP contribution in [0, 0.1) is 11.8 Å². The fraction of sp³-hybridized carbons (Fsp3) is 0.400. The van der Waals surface area contributed by atoms with Gasteiger partial charge in [0.1, 0.15) is 6.61 Å². The van der Waals surface area contributed by atoms with Crippen LogP contribution in [0.1, 0.15) is 36.3 Å². The molecule has 2 aliphatic rings. The molecular weight excluding hydrogens is 424 g/mol. The number of aliphatic hydroxyl groups excluding tert-OH is 1. The molecule has 0 saturated heterocycles. The van der Waals surface area contributed by atoms with Gasteiger partial charge in [0.2, 0.25) is 5.91 Å². The molecule has 0 aromatic heterocycles. The molecule has 2 amide bonds. The van der Waals surface area contributed by atoms with E-state index in [4.69, 9.17) is 9.84 Å². The molecule has 2 aliphatic carbocycles. The van der Waals surface area contributed by atoms with Crippen molar-refractivity contribution in [2.24, 2.45) is 11.8 Å². The molecule has 4 rings (SSSR count). The molecular formula is C25H28N2O6. The lowest BCUT2D eigenvalue weighted by molar-refractivity contribution is -0.146. The Morgan fingerprint density at radius 3 is 2.12 bits per heavy atom. The Labute approximate surface area is 192 Å². The third kappa shape index (κ3) is 5.51. The smallest absolute Gasteiger partial charge is 0.407 e. The van der Waals surface area contributed by atoms with E-state index < -0.39 is 24.1 Å². The summed E-state index contributed by atoms with van der Waals surface area (Å²) >= 11 is 0. The quantitative estimate of drug-likeness (QED) is 0.439. The molecule has 8 heteroatoms. The standard InChI is InChI=1S/C25H28N2O6/c28-22(24(30)31)13-26-23(29)16(11-15-9-10-15)12-27-25(32)33-14-21-19-7-3-1-5-17(19)18-6-2-4-8-20(18)21/h1-8,15-16,21-22,28H,9-14H2,(H,26,29)(H,27,32)(H,30,31). The maximum absolute atomic E-state index is 12.5. The highest BCUT2D eigenvalue weighted by Crippen LogP contribution is 2.44. The van der Waals surface area contributed by atoms with Crippen LogP contribution in [-0.4, -0.2) is 54.0 Å². The lowest BCUT2D eigenvalue weighted by atomic mass is 9.98. The van der Waals surface area contributed by atoms with Gasteiger partial charge in [-0.1, -0.05) is 61.4 Å². The van der Waals surface area contributed by atoms with E-state index in [0.717, 1.165) is 35.1 Å². The van der Waals surface area contributed by atoms with Gasteiger partial charge in [0.05, 0.1) is 12.5 Å². The first-order valence-corrected chi connectivity index (χ1v) is 11.2. The van der Waals surface area contributed by atoms with E-state index in [1.54, 1.807) is 0 Å². The largest absolute Gasteiger partial charge is 0.479 e. The first kappa shape index (κ1) is 22.8. The Balaban J connectivity index is 1.31. The van der Waals surface area contributed by atoms with Crippen molar-refractivity contribution in [3.05, 3.63) is 59.7 Å². The van der Waals surface area contributed by atoms with Crippen LogP contribution in [0.4, 0.5) is 4.79 Å². The first-order chi connectivity index (χ1) is 15.9. The van der Waals surface area contributed by atoms with E-state index in [2.05, 4.69) is 22.8 Å². The van der Waals surface area contributed by atoms with Crippen molar-refractivity contribution in [2.45, 2.75) is 31.3 Å². The SMILES string of the molecule is O=C(NCC(CC1CC1)C(=O)NCC(O)C(=O)O)OCC1c2ccccc2-c2ccccc21. The normalized spacial score (nSPS) is 16.3. The van der Waals surface area contributed by atoms with Crippen LogP contribution in [0.2, 0.25) is 0 Å². The molecule has 0 radical (unpaired) electrons. The van der Waals surface area contributed by atoms with Crippen molar-refractivity contribution < 1.29 is 29.3 Å². The number of hydrogen-bond donors (Lipinski definition) is 4. The zero-order chi connectivity index (χ0) is 23.4. The minimum Gasteiger partial charge on any atom is -0.479 e. The number of rotatable bonds is 10. The van der Waals surface area contributed by atoms with E-state index in [9.17, 15) is 19.5 Å². The Hall–Kier alpha value is -3.39. The molecule has 2 atom stereocenters. The third-order valence-electron chi connectivity index (χ3n) is 6.28. The minimum absolute atomic E-state index is 0.0498. The van der Waals surface area contributed by atoms with Gasteiger partial charge >= 0.3 is 12.1 Å². The average Bonchev–Trinajstić information content (AvgIpc) is 3.59. The maximum atomic E-state index is 12.5. The van der Waals surface area contributed by atoms with Crippen LogP contribution in [0.25, 0.3) is 11.1 Å². The topological polar surface area (TPSA) is 125 Å². The Morgan fingerprint density at radius 1 is 0.939 bits per heavy atom. The van der Waals surface area contributed by atoms with Crippen molar-refractivity contribution >= 4 is 18.0 Å². The number of alkyl carbamates (subject to hydrolysis) is 1. The number of nitrogens with one attached hydrogen (secondary N) is 2. The predicted octanol–water partition coefficient (Wildman–Crippen LogP) is 2.50. The van der Waals surface area contributed by atoms with Gasteiger partial charge in [0.25, 0.3) is 0 Å². The van der Waals surface area contributed by atoms with Gasteiger partial charge in [-0.3, -0.25) is 4.79 Å². The van der Waals surface area contributed by atoms with Crippen LogP contribution < -0.4 is 10.6 Å². The molecule has 0 spiro atoms. The second kappa shape index (κ2) is 10.0. The Bertz CT molecular complexity index is 990. The summed E-state index contributed by atoms with van der Waals surface area (Å²) in [4.78, 5) is 35.6. The zero-order valence-corrected chi connectivity index (χ0v) is 18.2. The highest BCUT2D eigenvalue weighted by Gasteiger charge is 2.31. The van der Waals surface area contributed by atoms with E-state index in [1.807, 2.05) is 36.4 Å². The van der Waals surface area contributed by atoms with Crippen molar-refractivity contribution in [2.75, 3.05) is 19.7 Å². The van der Waals surface area contributed by atoms with Crippen molar-refractivity contribution in [1.82, 2.24) is 10.6 Å². The lowest BCUT2D eigenvalue weighted by Crippen LogP contribution is -2.43. The summed E-state index contributed by atoms with van der Waals surface area (Å²) in [6.07, 6.45) is 0.402. The monoisotopic (exact) mass is 452 g/mol. The Morgan fingerprint density at radius 2 is 1.55 bits per heavy atom. The van der Waals surface area contributed by atoms with Gasteiger partial charge in [-0.25, -0.2) is 9.59 Å². The number of amides is 2. The zero-order valence-electron chi connectivity index (χ0n) is 18.2. The van der Waals surface area contributed by atoms with Gasteiger partial charge in [-0.05, 0) is 34.6 Å². The van der Waals surface area contributed by atoms with E-state index >= 15 is 0 Å². The van der Waals surface area contributed by atoms with Gasteiger partial charge in [0, 0.05) is 12.5 Å². The molecule has 174 valence electrons. The van der Waals surface area contributed by atoms with Gasteiger partial charge < -0.3 is 25.6 Å². The molecule has 0 heterocycles. The lowest BCUT2D eigenvalue weighted by Gasteiger charge is -2.19. The number of fused-ring (bicyclic) bond motifs is 3. The van der Waals surface area contributed by atoms with Gasteiger partial charge in [-0.2, -0.15) is 0 Å². The van der Waals surface area contributed by atoms with Crippen molar-refractivity contribution in [3.63, 3.8) is 0 Å². The number of carboxylic acid groups (broad SMARTS) is 1. The molecule has 8 nitrogen and oxygen atoms in total. The molecule has 0 aliphatic heterocycles. The highest BCUT2D eigenvalue weighted by molar-refractivity contribution is 5.81. The van der Waals surface area contributed by atoms with E-state index in [-0.39, 0.29) is 31.5 Å². The number of carbonyl (C=O) groups excluding carboxylic acids is 2. The van der Waals surface area contributed by atoms with Gasteiger partial charge in [-0.15, -0.1) is 0 Å². The number of carbonyl (C=O) groups is 3. The molecule has 33 heavy (non-hydrogen) atoms. The Kier molecular flexibility index (Phi) is 6.93. The van der Waals surface area contributed by atoms with Crippen LogP contribution in [0.3, 0.4) is 0 Å². The summed E-state index contributed by atoms with van der Waals surface area (Å²) in [7, 11) is 0. The predicted molar refractivity (Wildman–Crippen MR) is 121 cm³/mol. The number of aliphatic hydroxyl groups is 1. The molecule has 2 aromatic rings. The van der Waals surface area contributed by atoms with Crippen LogP contribution in [0.5, 0.6) is 0 Å². The van der Waals surface area contributed by atoms with Crippen LogP contribution in [0.15, 0.2) is 48.5 Å². The van der Waals surface area contributed by atoms with Gasteiger partial charge in [0.15, 0.2) is 6.10 Å². The molecule has 2 unspecified atom stereocenters. The first-order valence-electron chi connectivity index (χ1n) is 11.2. The minimum atomic E-state index is -1.66. The third-order valence-corrected chi connectivity index (χ3v) is 6.28. The highest BCUT2D eigenvalue weighted by atomic mass is 16.5. The molecule has 2 aromatic carbocycles. The van der Waals surface area contributed by atoms with Crippen molar-refractivity contribution in [1.29, 1.82) is 0 Å². The molecule has 1 fully saturated rings. The summed E-state index contributed by atoms with van der Waals surface area (Å²) in [6, 6.07) is 16.2. The summed E-state index contributed by atoms with van der Waals surface area (Å²) < 4.78 is 5.52. The molecule has 1 saturated carbocycles. The number of ether oxygens (including phenoxy) is 1. The van der Waals surface area contributed by atoms with Crippen LogP contribution >= 0.6 is 0 Å². The summed E-state index contributed by atoms with van der Waals surface area (Å²) in [6.45, 7) is -0.105. The molecule has 0 bridgehead atoms. The fourth-order valence-corrected chi connectivity index (χ4v) is 4.32. The number of carboxylic acids is 1. The number of aliphatic carboxylic acids is 1. The summed E-state index contributed by atoms with van der Waals surface area (Å²) in [5.41, 5.74) is 4.53. The van der Waals surface area contributed by atoms with Crippen LogP contribution in [-0.2, 0) is 14.3 Å². The van der Waals surface area contributed by atoms with Crippen molar-refractivity contribution in [3.8, 4) is 11.1 Å². The average molecular weight is 453 g/mol. The summed E-state index contributed by atoms with van der Waals surface area (Å²) in [5.74, 6) is -1.92. The molecule has 4 N–H and O–H groups in total. The number of hydrogen-bond acceptors (Lipinski definition) is 5. The van der Waals surface area contributed by atoms with E-state index in [0.29, 0.717) is 12.3 Å². The van der Waals surface area contributed by atoms with E-state index in [1.165, 1.54) is 0 Å².